The van der Waals surface area contributed by atoms with Gasteiger partial charge in [0.2, 0.25) is 0 Å². The lowest BCUT2D eigenvalue weighted by Gasteiger charge is -2.21. The monoisotopic (exact) mass is 275 g/mol. The number of hydrogen-bond acceptors (Lipinski definition) is 2. The summed E-state index contributed by atoms with van der Waals surface area (Å²) in [5.41, 5.74) is 0.680. The van der Waals surface area contributed by atoms with Crippen molar-refractivity contribution in [3.8, 4) is 5.75 Å². The van der Waals surface area contributed by atoms with Crippen molar-refractivity contribution in [1.82, 2.24) is 5.32 Å². The van der Waals surface area contributed by atoms with Crippen LogP contribution in [0.3, 0.4) is 0 Å². The second-order valence-corrected chi connectivity index (χ2v) is 5.60. The van der Waals surface area contributed by atoms with E-state index in [0.29, 0.717) is 18.0 Å². The Morgan fingerprint density at radius 1 is 1.30 bits per heavy atom. The Kier molecular flexibility index (Phi) is 5.90. The number of nitrogens with one attached hydrogen (secondary N) is 1. The first kappa shape index (κ1) is 14.9. The molecule has 0 unspecified atom stereocenters. The van der Waals surface area contributed by atoms with Crippen LogP contribution >= 0.6 is 0 Å². The summed E-state index contributed by atoms with van der Waals surface area (Å²) in [5, 5.41) is 2.89. The third-order valence-electron chi connectivity index (χ3n) is 3.84. The van der Waals surface area contributed by atoms with Crippen LogP contribution in [0.2, 0.25) is 0 Å². The molecule has 3 nitrogen and oxygen atoms in total. The first-order chi connectivity index (χ1) is 9.79. The van der Waals surface area contributed by atoms with E-state index in [9.17, 15) is 4.79 Å². The summed E-state index contributed by atoms with van der Waals surface area (Å²) in [6.07, 6.45) is 7.52. The van der Waals surface area contributed by atoms with Gasteiger partial charge in [-0.05, 0) is 43.4 Å². The summed E-state index contributed by atoms with van der Waals surface area (Å²) >= 11 is 0. The van der Waals surface area contributed by atoms with Crippen molar-refractivity contribution in [2.45, 2.75) is 45.4 Å². The molecule has 1 aromatic carbocycles. The van der Waals surface area contributed by atoms with Gasteiger partial charge in [0.05, 0.1) is 6.61 Å². The maximum absolute atomic E-state index is 11.9. The number of hydrogen-bond donors (Lipinski definition) is 1. The van der Waals surface area contributed by atoms with E-state index in [4.69, 9.17) is 4.74 Å². The first-order valence-corrected chi connectivity index (χ1v) is 7.80. The van der Waals surface area contributed by atoms with Gasteiger partial charge in [0.1, 0.15) is 5.75 Å². The van der Waals surface area contributed by atoms with E-state index in [1.165, 1.54) is 32.1 Å². The van der Waals surface area contributed by atoms with Crippen LogP contribution < -0.4 is 10.1 Å². The van der Waals surface area contributed by atoms with E-state index in [-0.39, 0.29) is 5.91 Å². The molecule has 3 heteroatoms. The van der Waals surface area contributed by atoms with E-state index < -0.39 is 0 Å². The molecule has 0 spiro atoms. The lowest BCUT2D eigenvalue weighted by Crippen LogP contribution is -2.24. The van der Waals surface area contributed by atoms with Crippen LogP contribution in [0.15, 0.2) is 24.3 Å². The highest BCUT2D eigenvalue weighted by molar-refractivity contribution is 5.94. The maximum Gasteiger partial charge on any atom is 0.251 e. The van der Waals surface area contributed by atoms with Gasteiger partial charge in [-0.1, -0.05) is 32.3 Å². The van der Waals surface area contributed by atoms with Gasteiger partial charge < -0.3 is 10.1 Å². The second-order valence-electron chi connectivity index (χ2n) is 5.60. The Labute approximate surface area is 121 Å². The molecular weight excluding hydrogens is 250 g/mol. The van der Waals surface area contributed by atoms with E-state index in [2.05, 4.69) is 5.32 Å². The number of amides is 1. The molecule has 1 amide bonds. The molecule has 0 bridgehead atoms. The number of carbonyl (C=O) groups is 1. The van der Waals surface area contributed by atoms with Crippen molar-refractivity contribution in [2.75, 3.05) is 13.2 Å². The van der Waals surface area contributed by atoms with Crippen LogP contribution in [0.25, 0.3) is 0 Å². The van der Waals surface area contributed by atoms with Gasteiger partial charge >= 0.3 is 0 Å². The first-order valence-electron chi connectivity index (χ1n) is 7.80. The number of rotatable bonds is 6. The van der Waals surface area contributed by atoms with Gasteiger partial charge in [0.15, 0.2) is 0 Å². The minimum absolute atomic E-state index is 0.0185. The van der Waals surface area contributed by atoms with Crippen molar-refractivity contribution in [1.29, 1.82) is 0 Å². The highest BCUT2D eigenvalue weighted by Gasteiger charge is 2.14. The maximum atomic E-state index is 11.9. The highest BCUT2D eigenvalue weighted by atomic mass is 16.5. The summed E-state index contributed by atoms with van der Waals surface area (Å²) in [6, 6.07) is 7.49. The molecule has 1 aromatic rings. The van der Waals surface area contributed by atoms with Crippen LogP contribution in [-0.4, -0.2) is 19.1 Å². The molecule has 1 aliphatic carbocycles. The molecule has 0 saturated heterocycles. The number of ether oxygens (including phenoxy) is 1. The lowest BCUT2D eigenvalue weighted by molar-refractivity contribution is 0.0953. The molecule has 0 heterocycles. The SMILES string of the molecule is CCCNC(=O)c1cccc(OCC2CCCCC2)c1. The van der Waals surface area contributed by atoms with Crippen molar-refractivity contribution in [2.24, 2.45) is 5.92 Å². The smallest absolute Gasteiger partial charge is 0.251 e. The zero-order valence-corrected chi connectivity index (χ0v) is 12.4. The van der Waals surface area contributed by atoms with Crippen molar-refractivity contribution in [3.05, 3.63) is 29.8 Å². The Hall–Kier alpha value is -1.51. The molecule has 1 saturated carbocycles. The van der Waals surface area contributed by atoms with Gasteiger partial charge in [-0.15, -0.1) is 0 Å². The third-order valence-corrected chi connectivity index (χ3v) is 3.84. The zero-order valence-electron chi connectivity index (χ0n) is 12.4. The predicted molar refractivity (Wildman–Crippen MR) is 81.1 cm³/mol. The molecule has 1 N–H and O–H groups in total. The number of benzene rings is 1. The van der Waals surface area contributed by atoms with Gasteiger partial charge in [-0.2, -0.15) is 0 Å². The molecule has 110 valence electrons. The van der Waals surface area contributed by atoms with E-state index in [1.807, 2.05) is 31.2 Å². The van der Waals surface area contributed by atoms with Gasteiger partial charge in [-0.25, -0.2) is 0 Å². The summed E-state index contributed by atoms with van der Waals surface area (Å²) < 4.78 is 5.86. The topological polar surface area (TPSA) is 38.3 Å². The molecule has 0 radical (unpaired) electrons. The van der Waals surface area contributed by atoms with E-state index in [1.54, 1.807) is 0 Å². The summed E-state index contributed by atoms with van der Waals surface area (Å²) in [7, 11) is 0. The highest BCUT2D eigenvalue weighted by Crippen LogP contribution is 2.24. The van der Waals surface area contributed by atoms with Gasteiger partial charge in [-0.3, -0.25) is 4.79 Å². The molecule has 1 aliphatic rings. The second kappa shape index (κ2) is 7.93. The zero-order chi connectivity index (χ0) is 14.2. The van der Waals surface area contributed by atoms with Gasteiger partial charge in [0.25, 0.3) is 5.91 Å². The Morgan fingerprint density at radius 3 is 2.85 bits per heavy atom. The molecule has 0 aliphatic heterocycles. The Bertz CT molecular complexity index is 425. The Balaban J connectivity index is 1.86. The average Bonchev–Trinajstić information content (AvgIpc) is 2.52. The Morgan fingerprint density at radius 2 is 2.10 bits per heavy atom. The normalized spacial score (nSPS) is 15.8. The van der Waals surface area contributed by atoms with E-state index >= 15 is 0 Å². The van der Waals surface area contributed by atoms with E-state index in [0.717, 1.165) is 18.8 Å². The van der Waals surface area contributed by atoms with Crippen LogP contribution in [0.5, 0.6) is 5.75 Å². The predicted octanol–water partition coefficient (Wildman–Crippen LogP) is 3.79. The summed E-state index contributed by atoms with van der Waals surface area (Å²) in [6.45, 7) is 3.54. The lowest BCUT2D eigenvalue weighted by atomic mass is 9.90. The van der Waals surface area contributed by atoms with Crippen LogP contribution in [0, 0.1) is 5.92 Å². The molecule has 1 fully saturated rings. The summed E-state index contributed by atoms with van der Waals surface area (Å²) in [5.74, 6) is 1.47. The fourth-order valence-corrected chi connectivity index (χ4v) is 2.64. The standard InChI is InChI=1S/C17H25NO2/c1-2-11-18-17(19)15-9-6-10-16(12-15)20-13-14-7-4-3-5-8-14/h6,9-10,12,14H,2-5,7-8,11,13H2,1H3,(H,18,19). The summed E-state index contributed by atoms with van der Waals surface area (Å²) in [4.78, 5) is 11.9. The van der Waals surface area contributed by atoms with Crippen LogP contribution in [-0.2, 0) is 0 Å². The molecule has 20 heavy (non-hydrogen) atoms. The largest absolute Gasteiger partial charge is 0.493 e. The minimum atomic E-state index is -0.0185. The van der Waals surface area contributed by atoms with Crippen LogP contribution in [0.1, 0.15) is 55.8 Å². The molecule has 2 rings (SSSR count). The van der Waals surface area contributed by atoms with Crippen LogP contribution in [0.4, 0.5) is 0 Å². The van der Waals surface area contributed by atoms with Crippen molar-refractivity contribution < 1.29 is 9.53 Å². The number of carbonyl (C=O) groups excluding carboxylic acids is 1. The van der Waals surface area contributed by atoms with Crippen molar-refractivity contribution >= 4 is 5.91 Å². The third kappa shape index (κ3) is 4.55. The average molecular weight is 275 g/mol. The fourth-order valence-electron chi connectivity index (χ4n) is 2.64. The molecule has 0 atom stereocenters. The quantitative estimate of drug-likeness (QED) is 0.858. The molecule has 0 aromatic heterocycles. The molecular formula is C17H25NO2. The fraction of sp³-hybridized carbons (Fsp3) is 0.588. The van der Waals surface area contributed by atoms with Gasteiger partial charge in [0, 0.05) is 12.1 Å². The minimum Gasteiger partial charge on any atom is -0.493 e. The van der Waals surface area contributed by atoms with Crippen molar-refractivity contribution in [3.63, 3.8) is 0 Å².